The molecule has 1 aromatic carbocycles. The smallest absolute Gasteiger partial charge is 0.338 e. The summed E-state index contributed by atoms with van der Waals surface area (Å²) in [5, 5.41) is 0. The molecule has 0 bridgehead atoms. The van der Waals surface area contributed by atoms with Crippen LogP contribution in [0.15, 0.2) is 18.2 Å². The van der Waals surface area contributed by atoms with E-state index in [-0.39, 0.29) is 5.97 Å². The van der Waals surface area contributed by atoms with Gasteiger partial charge in [0.2, 0.25) is 0 Å². The number of esters is 1. The van der Waals surface area contributed by atoms with E-state index in [1.807, 2.05) is 39.0 Å². The maximum Gasteiger partial charge on any atom is 0.338 e. The number of likely N-dealkylation sites (N-methyl/N-ethyl adjacent to an activating group) is 1. The Hall–Kier alpha value is -1.51. The van der Waals surface area contributed by atoms with E-state index < -0.39 is 5.60 Å². The van der Waals surface area contributed by atoms with E-state index in [2.05, 4.69) is 11.9 Å². The second-order valence-corrected chi connectivity index (χ2v) is 5.52. The largest absolute Gasteiger partial charge is 0.456 e. The molecule has 3 heteroatoms. The molecule has 0 aromatic heterocycles. The van der Waals surface area contributed by atoms with Crippen LogP contribution in [0, 0.1) is 0 Å². The lowest BCUT2D eigenvalue weighted by atomic mass is 10.1. The lowest BCUT2D eigenvalue weighted by Gasteiger charge is -2.20. The molecule has 1 aliphatic rings. The van der Waals surface area contributed by atoms with Gasteiger partial charge in [-0.2, -0.15) is 0 Å². The Morgan fingerprint density at radius 3 is 2.71 bits per heavy atom. The molecule has 0 saturated heterocycles. The van der Waals surface area contributed by atoms with Gasteiger partial charge >= 0.3 is 5.97 Å². The first-order chi connectivity index (χ1) is 7.87. The van der Waals surface area contributed by atoms with Gasteiger partial charge in [-0.1, -0.05) is 0 Å². The average molecular weight is 233 g/mol. The first-order valence-corrected chi connectivity index (χ1v) is 5.94. The maximum absolute atomic E-state index is 11.9. The van der Waals surface area contributed by atoms with Gasteiger partial charge in [0.05, 0.1) is 5.56 Å². The van der Waals surface area contributed by atoms with E-state index in [1.165, 1.54) is 11.3 Å². The summed E-state index contributed by atoms with van der Waals surface area (Å²) in [5.74, 6) is -0.241. The van der Waals surface area contributed by atoms with E-state index in [0.29, 0.717) is 5.56 Å². The predicted molar refractivity (Wildman–Crippen MR) is 68.6 cm³/mol. The molecule has 1 heterocycles. The summed E-state index contributed by atoms with van der Waals surface area (Å²) in [6.45, 7) is 6.66. The van der Waals surface area contributed by atoms with Crippen LogP contribution in [0.25, 0.3) is 0 Å². The van der Waals surface area contributed by atoms with Crippen molar-refractivity contribution >= 4 is 11.7 Å². The van der Waals surface area contributed by atoms with Crippen LogP contribution in [0.1, 0.15) is 36.7 Å². The first-order valence-electron chi connectivity index (χ1n) is 5.94. The Kier molecular flexibility index (Phi) is 2.86. The van der Waals surface area contributed by atoms with Crippen LogP contribution in [0.3, 0.4) is 0 Å². The molecule has 0 aliphatic carbocycles. The van der Waals surface area contributed by atoms with Crippen molar-refractivity contribution < 1.29 is 9.53 Å². The second-order valence-electron chi connectivity index (χ2n) is 5.52. The Labute approximate surface area is 102 Å². The molecule has 1 aliphatic heterocycles. The highest BCUT2D eigenvalue weighted by atomic mass is 16.6. The van der Waals surface area contributed by atoms with Gasteiger partial charge in [-0.3, -0.25) is 0 Å². The minimum Gasteiger partial charge on any atom is -0.456 e. The van der Waals surface area contributed by atoms with Crippen LogP contribution < -0.4 is 4.90 Å². The SMILES string of the molecule is CN1CCc2cc(C(=O)OC(C)(C)C)ccc21. The molecular formula is C14H19NO2. The standard InChI is InChI=1S/C14H19NO2/c1-14(2,3)17-13(16)11-5-6-12-10(9-11)7-8-15(12)4/h5-6,9H,7-8H2,1-4H3. The van der Waals surface area contributed by atoms with Crippen molar-refractivity contribution in [2.45, 2.75) is 32.8 Å². The zero-order valence-corrected chi connectivity index (χ0v) is 10.9. The van der Waals surface area contributed by atoms with Crippen LogP contribution >= 0.6 is 0 Å². The molecule has 0 radical (unpaired) electrons. The zero-order valence-electron chi connectivity index (χ0n) is 10.9. The molecule has 2 rings (SSSR count). The summed E-state index contributed by atoms with van der Waals surface area (Å²) in [6, 6.07) is 5.79. The van der Waals surface area contributed by atoms with Crippen LogP contribution in [-0.4, -0.2) is 25.2 Å². The molecule has 0 unspecified atom stereocenters. The van der Waals surface area contributed by atoms with E-state index in [0.717, 1.165) is 13.0 Å². The first kappa shape index (κ1) is 12.0. The van der Waals surface area contributed by atoms with Crippen molar-refractivity contribution in [2.24, 2.45) is 0 Å². The number of rotatable bonds is 1. The number of ether oxygens (including phenoxy) is 1. The Morgan fingerprint density at radius 1 is 1.35 bits per heavy atom. The topological polar surface area (TPSA) is 29.5 Å². The van der Waals surface area contributed by atoms with E-state index in [9.17, 15) is 4.79 Å². The molecule has 0 fully saturated rings. The molecular weight excluding hydrogens is 214 g/mol. The van der Waals surface area contributed by atoms with Gasteiger partial charge in [0.25, 0.3) is 0 Å². The summed E-state index contributed by atoms with van der Waals surface area (Å²) in [7, 11) is 2.07. The molecule has 0 amide bonds. The lowest BCUT2D eigenvalue weighted by Crippen LogP contribution is -2.23. The van der Waals surface area contributed by atoms with Crippen LogP contribution in [-0.2, 0) is 11.2 Å². The average Bonchev–Trinajstić information content (AvgIpc) is 2.57. The van der Waals surface area contributed by atoms with Gasteiger partial charge in [-0.05, 0) is 51.0 Å². The zero-order chi connectivity index (χ0) is 12.6. The van der Waals surface area contributed by atoms with Crippen molar-refractivity contribution in [2.75, 3.05) is 18.5 Å². The van der Waals surface area contributed by atoms with Crippen LogP contribution in [0.4, 0.5) is 5.69 Å². The predicted octanol–water partition coefficient (Wildman–Crippen LogP) is 2.63. The third-order valence-corrected chi connectivity index (χ3v) is 2.84. The number of benzene rings is 1. The van der Waals surface area contributed by atoms with Crippen LogP contribution in [0.5, 0.6) is 0 Å². The van der Waals surface area contributed by atoms with Crippen molar-refractivity contribution in [3.63, 3.8) is 0 Å². The molecule has 3 nitrogen and oxygen atoms in total. The van der Waals surface area contributed by atoms with E-state index in [1.54, 1.807) is 0 Å². The van der Waals surface area contributed by atoms with Gasteiger partial charge in [-0.25, -0.2) is 4.79 Å². The number of hydrogen-bond donors (Lipinski definition) is 0. The quantitative estimate of drug-likeness (QED) is 0.698. The Bertz CT molecular complexity index is 446. The molecule has 92 valence electrons. The number of anilines is 1. The minimum absolute atomic E-state index is 0.241. The normalized spacial score (nSPS) is 14.7. The summed E-state index contributed by atoms with van der Waals surface area (Å²) in [4.78, 5) is 14.1. The number of nitrogens with zero attached hydrogens (tertiary/aromatic N) is 1. The second kappa shape index (κ2) is 4.06. The summed E-state index contributed by atoms with van der Waals surface area (Å²) >= 11 is 0. The number of carbonyl (C=O) groups is 1. The summed E-state index contributed by atoms with van der Waals surface area (Å²) in [5.41, 5.74) is 2.66. The third-order valence-electron chi connectivity index (χ3n) is 2.84. The molecule has 0 N–H and O–H groups in total. The molecule has 0 spiro atoms. The number of fused-ring (bicyclic) bond motifs is 1. The molecule has 1 aromatic rings. The lowest BCUT2D eigenvalue weighted by molar-refractivity contribution is 0.00695. The molecule has 0 saturated carbocycles. The Balaban J connectivity index is 2.21. The van der Waals surface area contributed by atoms with Crippen molar-refractivity contribution in [3.8, 4) is 0 Å². The monoisotopic (exact) mass is 233 g/mol. The van der Waals surface area contributed by atoms with Crippen molar-refractivity contribution in [1.82, 2.24) is 0 Å². The van der Waals surface area contributed by atoms with Gasteiger partial charge in [0.1, 0.15) is 5.60 Å². The Morgan fingerprint density at radius 2 is 2.06 bits per heavy atom. The van der Waals surface area contributed by atoms with Crippen molar-refractivity contribution in [1.29, 1.82) is 0 Å². The molecule has 17 heavy (non-hydrogen) atoms. The highest BCUT2D eigenvalue weighted by Crippen LogP contribution is 2.27. The van der Waals surface area contributed by atoms with Gasteiger partial charge < -0.3 is 9.64 Å². The van der Waals surface area contributed by atoms with Crippen molar-refractivity contribution in [3.05, 3.63) is 29.3 Å². The van der Waals surface area contributed by atoms with E-state index in [4.69, 9.17) is 4.74 Å². The highest BCUT2D eigenvalue weighted by Gasteiger charge is 2.21. The molecule has 0 atom stereocenters. The number of hydrogen-bond acceptors (Lipinski definition) is 3. The van der Waals surface area contributed by atoms with Gasteiger partial charge in [0.15, 0.2) is 0 Å². The minimum atomic E-state index is -0.438. The van der Waals surface area contributed by atoms with Crippen LogP contribution in [0.2, 0.25) is 0 Å². The fraction of sp³-hybridized carbons (Fsp3) is 0.500. The maximum atomic E-state index is 11.9. The summed E-state index contributed by atoms with van der Waals surface area (Å²) < 4.78 is 5.36. The van der Waals surface area contributed by atoms with Gasteiger partial charge in [0, 0.05) is 19.3 Å². The fourth-order valence-corrected chi connectivity index (χ4v) is 2.03. The third kappa shape index (κ3) is 2.60. The number of carbonyl (C=O) groups excluding carboxylic acids is 1. The van der Waals surface area contributed by atoms with Gasteiger partial charge in [-0.15, -0.1) is 0 Å². The van der Waals surface area contributed by atoms with E-state index >= 15 is 0 Å². The summed E-state index contributed by atoms with van der Waals surface area (Å²) in [6.07, 6.45) is 1.00. The highest BCUT2D eigenvalue weighted by molar-refractivity contribution is 5.90. The fourth-order valence-electron chi connectivity index (χ4n) is 2.03.